The summed E-state index contributed by atoms with van der Waals surface area (Å²) in [5.41, 5.74) is 0.873. The molecule has 0 aromatic rings. The molecule has 1 rings (SSSR count). The quantitative estimate of drug-likeness (QED) is 0.433. The summed E-state index contributed by atoms with van der Waals surface area (Å²) in [6, 6.07) is 0. The van der Waals surface area contributed by atoms with Gasteiger partial charge in [0, 0.05) is 0 Å². The molecule has 0 aromatic carbocycles. The fourth-order valence-electron chi connectivity index (χ4n) is 2.34. The molecule has 1 saturated carbocycles. The first-order valence-electron chi connectivity index (χ1n) is 4.70. The van der Waals surface area contributed by atoms with Crippen molar-refractivity contribution in [1.29, 1.82) is 0 Å². The molecule has 0 unspecified atom stereocenters. The summed E-state index contributed by atoms with van der Waals surface area (Å²) in [5, 5.41) is 0. The Labute approximate surface area is 76.0 Å². The average Bonchev–Trinajstić information content (AvgIpc) is 1.86. The van der Waals surface area contributed by atoms with Crippen LogP contribution in [0.15, 0.2) is 0 Å². The van der Waals surface area contributed by atoms with Crippen LogP contribution in [0.4, 0.5) is 0 Å². The molecule has 2 atom stereocenters. The predicted molar refractivity (Wildman–Crippen MR) is 54.7 cm³/mol. The van der Waals surface area contributed by atoms with Crippen LogP contribution in [0.1, 0.15) is 32.6 Å². The molecule has 1 aliphatic carbocycles. The Morgan fingerprint density at radius 2 is 1.73 bits per heavy atom. The molecular weight excluding hydrogens is 172 g/mol. The number of rotatable bonds is 1. The van der Waals surface area contributed by atoms with Crippen molar-refractivity contribution in [1.82, 2.24) is 0 Å². The molecule has 0 radical (unpaired) electrons. The summed E-state index contributed by atoms with van der Waals surface area (Å²) in [6.07, 6.45) is 5.65. The van der Waals surface area contributed by atoms with Gasteiger partial charge in [-0.25, -0.2) is 0 Å². The van der Waals surface area contributed by atoms with Crippen molar-refractivity contribution in [2.75, 3.05) is 0 Å². The Morgan fingerprint density at radius 1 is 1.18 bits per heavy atom. The number of hydrogen-bond donors (Lipinski definition) is 0. The van der Waals surface area contributed by atoms with Gasteiger partial charge in [-0.3, -0.25) is 0 Å². The molecule has 1 fully saturated rings. The highest BCUT2D eigenvalue weighted by atomic mass is 35.6. The molecule has 11 heavy (non-hydrogen) atoms. The van der Waals surface area contributed by atoms with Crippen LogP contribution in [0.25, 0.3) is 0 Å². The second-order valence-electron chi connectivity index (χ2n) is 4.43. The van der Waals surface area contributed by atoms with E-state index in [1.165, 1.54) is 25.7 Å². The van der Waals surface area contributed by atoms with E-state index in [2.05, 4.69) is 20.0 Å². The van der Waals surface area contributed by atoms with Crippen molar-refractivity contribution in [2.45, 2.75) is 51.2 Å². The predicted octanol–water partition coefficient (Wildman–Crippen LogP) is 4.01. The van der Waals surface area contributed by atoms with Crippen LogP contribution in [0.2, 0.25) is 18.6 Å². The minimum atomic E-state index is -1.35. The zero-order chi connectivity index (χ0) is 8.48. The van der Waals surface area contributed by atoms with Crippen LogP contribution in [-0.4, -0.2) is 7.38 Å². The molecule has 0 saturated heterocycles. The van der Waals surface area contributed by atoms with Gasteiger partial charge in [0.05, 0.1) is 0 Å². The van der Waals surface area contributed by atoms with Gasteiger partial charge in [-0.05, 0) is 11.5 Å². The smallest absolute Gasteiger partial charge is 0.153 e. The Bertz CT molecular complexity index is 128. The molecule has 0 aliphatic heterocycles. The van der Waals surface area contributed by atoms with Crippen molar-refractivity contribution >= 4 is 18.5 Å². The van der Waals surface area contributed by atoms with Gasteiger partial charge < -0.3 is 0 Å². The summed E-state index contributed by atoms with van der Waals surface area (Å²) in [5.74, 6) is 0.892. The lowest BCUT2D eigenvalue weighted by Crippen LogP contribution is -2.32. The molecule has 66 valence electrons. The number of hydrogen-bond acceptors (Lipinski definition) is 0. The van der Waals surface area contributed by atoms with E-state index in [4.69, 9.17) is 11.1 Å². The molecule has 0 bridgehead atoms. The topological polar surface area (TPSA) is 0 Å². The summed E-state index contributed by atoms with van der Waals surface area (Å²) < 4.78 is 0. The summed E-state index contributed by atoms with van der Waals surface area (Å²) in [7, 11) is -1.35. The molecule has 0 nitrogen and oxygen atoms in total. The maximum Gasteiger partial charge on any atom is 0.153 e. The van der Waals surface area contributed by atoms with Crippen molar-refractivity contribution < 1.29 is 0 Å². The molecule has 1 aliphatic rings. The van der Waals surface area contributed by atoms with E-state index in [1.807, 2.05) is 0 Å². The van der Waals surface area contributed by atoms with E-state index < -0.39 is 7.38 Å². The van der Waals surface area contributed by atoms with Crippen LogP contribution in [0, 0.1) is 5.92 Å². The van der Waals surface area contributed by atoms with Gasteiger partial charge in [-0.2, -0.15) is 11.1 Å². The Morgan fingerprint density at radius 3 is 2.09 bits per heavy atom. The second-order valence-corrected chi connectivity index (χ2v) is 11.2. The van der Waals surface area contributed by atoms with E-state index in [-0.39, 0.29) is 0 Å². The fraction of sp³-hybridized carbons (Fsp3) is 1.00. The Balaban J connectivity index is 2.55. The lowest BCUT2D eigenvalue weighted by Gasteiger charge is -2.35. The summed E-state index contributed by atoms with van der Waals surface area (Å²) >= 11 is 6.45. The normalized spacial score (nSPS) is 33.8. The fourth-order valence-corrected chi connectivity index (χ4v) is 5.72. The highest BCUT2D eigenvalue weighted by molar-refractivity contribution is 7.19. The van der Waals surface area contributed by atoms with Gasteiger partial charge in [0.25, 0.3) is 0 Å². The minimum Gasteiger partial charge on any atom is -0.167 e. The van der Waals surface area contributed by atoms with Gasteiger partial charge in [0.1, 0.15) is 0 Å². The van der Waals surface area contributed by atoms with Crippen LogP contribution < -0.4 is 0 Å². The Hall–Kier alpha value is 0.507. The molecule has 0 aromatic heterocycles. The average molecular weight is 191 g/mol. The Kier molecular flexibility index (Phi) is 3.04. The SMILES string of the molecule is C[C@@H]1CCCC[C@H]1[Si](C)(C)Cl. The lowest BCUT2D eigenvalue weighted by atomic mass is 9.90. The monoisotopic (exact) mass is 190 g/mol. The third-order valence-corrected chi connectivity index (χ3v) is 6.46. The molecule has 0 N–H and O–H groups in total. The van der Waals surface area contributed by atoms with Crippen molar-refractivity contribution in [3.8, 4) is 0 Å². The third-order valence-electron chi connectivity index (χ3n) is 2.99. The standard InChI is InChI=1S/C9H19ClSi/c1-8-6-4-5-7-9(8)11(2,3)10/h8-9H,4-7H2,1-3H3/t8-,9-/m1/s1. The van der Waals surface area contributed by atoms with Crippen molar-refractivity contribution in [3.63, 3.8) is 0 Å². The van der Waals surface area contributed by atoms with Crippen LogP contribution in [0.5, 0.6) is 0 Å². The molecule has 0 spiro atoms. The van der Waals surface area contributed by atoms with Crippen LogP contribution in [0.3, 0.4) is 0 Å². The molecular formula is C9H19ClSi. The molecule has 2 heteroatoms. The van der Waals surface area contributed by atoms with Gasteiger partial charge in [0.15, 0.2) is 7.38 Å². The van der Waals surface area contributed by atoms with Gasteiger partial charge >= 0.3 is 0 Å². The zero-order valence-electron chi connectivity index (χ0n) is 7.86. The van der Waals surface area contributed by atoms with Gasteiger partial charge in [-0.1, -0.05) is 45.7 Å². The van der Waals surface area contributed by atoms with E-state index in [9.17, 15) is 0 Å². The van der Waals surface area contributed by atoms with E-state index >= 15 is 0 Å². The molecule has 0 amide bonds. The first-order chi connectivity index (χ1) is 5.02. The van der Waals surface area contributed by atoms with Crippen molar-refractivity contribution in [3.05, 3.63) is 0 Å². The summed E-state index contributed by atoms with van der Waals surface area (Å²) in [4.78, 5) is 0. The van der Waals surface area contributed by atoms with E-state index in [1.54, 1.807) is 0 Å². The van der Waals surface area contributed by atoms with Gasteiger partial charge in [-0.15, -0.1) is 0 Å². The van der Waals surface area contributed by atoms with Crippen LogP contribution >= 0.6 is 11.1 Å². The first-order valence-corrected chi connectivity index (χ1v) is 8.79. The highest BCUT2D eigenvalue weighted by Crippen LogP contribution is 2.42. The molecule has 0 heterocycles. The minimum absolute atomic E-state index is 0.873. The summed E-state index contributed by atoms with van der Waals surface area (Å²) in [6.45, 7) is 6.96. The lowest BCUT2D eigenvalue weighted by molar-refractivity contribution is 0.378. The van der Waals surface area contributed by atoms with Gasteiger partial charge in [0.2, 0.25) is 0 Å². The maximum atomic E-state index is 6.45. The maximum absolute atomic E-state index is 6.45. The van der Waals surface area contributed by atoms with E-state index in [0.29, 0.717) is 0 Å². The third kappa shape index (κ3) is 2.48. The largest absolute Gasteiger partial charge is 0.167 e. The second kappa shape index (κ2) is 3.49. The zero-order valence-corrected chi connectivity index (χ0v) is 9.62. The highest BCUT2D eigenvalue weighted by Gasteiger charge is 2.35. The van der Waals surface area contributed by atoms with Crippen molar-refractivity contribution in [2.24, 2.45) is 5.92 Å². The first kappa shape index (κ1) is 9.59. The number of halogens is 1. The van der Waals surface area contributed by atoms with Crippen LogP contribution in [-0.2, 0) is 0 Å². The van der Waals surface area contributed by atoms with E-state index in [0.717, 1.165) is 11.5 Å².